The van der Waals surface area contributed by atoms with Gasteiger partial charge in [-0.1, -0.05) is 80.9 Å². The maximum Gasteiger partial charge on any atom is 0.407 e. The lowest BCUT2D eigenvalue weighted by molar-refractivity contribution is -0.133. The lowest BCUT2D eigenvalue weighted by Crippen LogP contribution is -2.53. The number of alkyl carbamates (subject to hydrolysis) is 1. The van der Waals surface area contributed by atoms with E-state index in [0.717, 1.165) is 11.1 Å². The molecule has 44 heavy (non-hydrogen) atoms. The molecule has 3 rings (SSSR count). The number of hydrogen-bond donors (Lipinski definition) is 5. The van der Waals surface area contributed by atoms with Crippen LogP contribution in [0.15, 0.2) is 73.1 Å². The molecule has 0 saturated carbocycles. The third kappa shape index (κ3) is 11.5. The summed E-state index contributed by atoms with van der Waals surface area (Å²) < 4.78 is 5.48. The van der Waals surface area contributed by atoms with Crippen LogP contribution in [0.25, 0.3) is 0 Å². The molecule has 10 nitrogen and oxygen atoms in total. The van der Waals surface area contributed by atoms with Gasteiger partial charge >= 0.3 is 6.09 Å². The minimum atomic E-state index is -1.09. The molecule has 0 spiro atoms. The molecule has 0 aliphatic heterocycles. The molecule has 2 aromatic carbocycles. The summed E-state index contributed by atoms with van der Waals surface area (Å²) in [6.45, 7) is 9.40. The number of benzene rings is 2. The number of aliphatic hydroxyl groups is 1. The number of aromatic nitrogens is 2. The minimum absolute atomic E-state index is 0.0509. The number of aromatic amines is 1. The van der Waals surface area contributed by atoms with Crippen LogP contribution < -0.4 is 16.0 Å². The van der Waals surface area contributed by atoms with E-state index in [1.165, 1.54) is 0 Å². The van der Waals surface area contributed by atoms with Crippen LogP contribution in [-0.2, 0) is 33.7 Å². The summed E-state index contributed by atoms with van der Waals surface area (Å²) in [5.74, 6) is -0.869. The van der Waals surface area contributed by atoms with E-state index in [1.807, 2.05) is 74.5 Å². The van der Waals surface area contributed by atoms with Crippen LogP contribution in [0.5, 0.6) is 0 Å². The van der Waals surface area contributed by atoms with E-state index in [1.54, 1.807) is 33.2 Å². The maximum absolute atomic E-state index is 13.9. The second-order valence-electron chi connectivity index (χ2n) is 12.3. The summed E-state index contributed by atoms with van der Waals surface area (Å²) in [6, 6.07) is 17.6. The average molecular weight is 606 g/mol. The Morgan fingerprint density at radius 1 is 0.932 bits per heavy atom. The molecule has 0 aliphatic carbocycles. The highest BCUT2D eigenvalue weighted by atomic mass is 16.6. The van der Waals surface area contributed by atoms with Crippen molar-refractivity contribution in [3.05, 3.63) is 90.0 Å². The van der Waals surface area contributed by atoms with Gasteiger partial charge in [-0.15, -0.1) is 0 Å². The van der Waals surface area contributed by atoms with Crippen LogP contribution in [-0.4, -0.2) is 56.8 Å². The molecule has 3 amide bonds. The van der Waals surface area contributed by atoms with E-state index in [4.69, 9.17) is 4.74 Å². The Labute approximate surface area is 260 Å². The van der Waals surface area contributed by atoms with Gasteiger partial charge in [0.05, 0.1) is 18.7 Å². The molecular weight excluding hydrogens is 558 g/mol. The van der Waals surface area contributed by atoms with Crippen molar-refractivity contribution >= 4 is 17.9 Å². The highest BCUT2D eigenvalue weighted by Crippen LogP contribution is 2.20. The molecule has 3 aromatic rings. The largest absolute Gasteiger partial charge is 0.444 e. The fourth-order valence-corrected chi connectivity index (χ4v) is 4.90. The molecular formula is C34H47N5O5. The van der Waals surface area contributed by atoms with E-state index < -0.39 is 35.8 Å². The van der Waals surface area contributed by atoms with Crippen LogP contribution in [0.4, 0.5) is 4.79 Å². The number of H-pyrrole nitrogens is 1. The van der Waals surface area contributed by atoms with Crippen LogP contribution >= 0.6 is 0 Å². The van der Waals surface area contributed by atoms with E-state index in [-0.39, 0.29) is 30.7 Å². The molecule has 10 heteroatoms. The Bertz CT molecular complexity index is 1290. The molecule has 0 radical (unpaired) electrons. The molecule has 1 heterocycles. The van der Waals surface area contributed by atoms with Gasteiger partial charge in [-0.3, -0.25) is 9.59 Å². The fourth-order valence-electron chi connectivity index (χ4n) is 4.90. The van der Waals surface area contributed by atoms with E-state index in [9.17, 15) is 19.5 Å². The first-order valence-corrected chi connectivity index (χ1v) is 15.3. The molecule has 0 bridgehead atoms. The van der Waals surface area contributed by atoms with Crippen molar-refractivity contribution < 1.29 is 24.2 Å². The molecule has 0 unspecified atom stereocenters. The third-order valence-corrected chi connectivity index (χ3v) is 7.46. The number of carbonyl (C=O) groups excluding carboxylic acids is 3. The number of nitrogens with one attached hydrogen (secondary N) is 4. The van der Waals surface area contributed by atoms with Gasteiger partial charge in [0, 0.05) is 18.3 Å². The number of aliphatic hydroxyl groups excluding tert-OH is 1. The zero-order chi connectivity index (χ0) is 32.1. The van der Waals surface area contributed by atoms with E-state index in [2.05, 4.69) is 25.9 Å². The van der Waals surface area contributed by atoms with Crippen molar-refractivity contribution in [2.45, 2.75) is 90.6 Å². The molecule has 5 atom stereocenters. The number of carbonyl (C=O) groups is 3. The number of amides is 3. The number of imidazole rings is 1. The molecule has 0 aliphatic rings. The molecule has 1 aromatic heterocycles. The maximum atomic E-state index is 13.9. The second-order valence-corrected chi connectivity index (χ2v) is 12.3. The minimum Gasteiger partial charge on any atom is -0.444 e. The summed E-state index contributed by atoms with van der Waals surface area (Å²) in [7, 11) is 0. The lowest BCUT2D eigenvalue weighted by Gasteiger charge is -2.30. The average Bonchev–Trinajstić information content (AvgIpc) is 3.51. The lowest BCUT2D eigenvalue weighted by atomic mass is 9.88. The Balaban J connectivity index is 1.82. The summed E-state index contributed by atoms with van der Waals surface area (Å²) in [4.78, 5) is 47.0. The summed E-state index contributed by atoms with van der Waals surface area (Å²) >= 11 is 0. The Morgan fingerprint density at radius 2 is 1.55 bits per heavy atom. The number of rotatable bonds is 15. The van der Waals surface area contributed by atoms with Gasteiger partial charge in [-0.05, 0) is 57.1 Å². The fraction of sp³-hybridized carbons (Fsp3) is 0.471. The van der Waals surface area contributed by atoms with Gasteiger partial charge in [-0.2, -0.15) is 0 Å². The molecule has 238 valence electrons. The first-order valence-electron chi connectivity index (χ1n) is 15.3. The van der Waals surface area contributed by atoms with Gasteiger partial charge < -0.3 is 30.8 Å². The predicted octanol–water partition coefficient (Wildman–Crippen LogP) is 4.30. The van der Waals surface area contributed by atoms with Crippen molar-refractivity contribution in [3.63, 3.8) is 0 Å². The topological polar surface area (TPSA) is 145 Å². The van der Waals surface area contributed by atoms with Crippen LogP contribution in [0, 0.1) is 11.8 Å². The Kier molecular flexibility index (Phi) is 13.0. The second kappa shape index (κ2) is 16.6. The monoisotopic (exact) mass is 605 g/mol. The normalized spacial score (nSPS) is 14.9. The standard InChI is InChI=1S/C34H47N5O5/c1-6-23(2)30(32(42)37-22-29-35-17-18-36-29)39-31(41)26(19-24-13-9-7-10-14-24)21-28(40)27(20-25-15-11-8-12-16-25)38-33(43)44-34(3,4)5/h7-18,23,26-28,30,40H,6,19-22H2,1-5H3,(H,35,36)(H,37,42)(H,38,43)(H,39,41)/t23-,26+,27-,28-,30-/m0/s1. The zero-order valence-corrected chi connectivity index (χ0v) is 26.4. The van der Waals surface area contributed by atoms with Gasteiger partial charge in [0.25, 0.3) is 0 Å². The van der Waals surface area contributed by atoms with E-state index in [0.29, 0.717) is 25.1 Å². The van der Waals surface area contributed by atoms with Crippen molar-refractivity contribution in [1.82, 2.24) is 25.9 Å². The van der Waals surface area contributed by atoms with Gasteiger partial charge in [-0.25, -0.2) is 9.78 Å². The van der Waals surface area contributed by atoms with Crippen molar-refractivity contribution in [2.75, 3.05) is 0 Å². The van der Waals surface area contributed by atoms with Crippen LogP contribution in [0.1, 0.15) is 64.4 Å². The smallest absolute Gasteiger partial charge is 0.407 e. The number of ether oxygens (including phenoxy) is 1. The molecule has 5 N–H and O–H groups in total. The van der Waals surface area contributed by atoms with E-state index >= 15 is 0 Å². The first-order chi connectivity index (χ1) is 20.9. The van der Waals surface area contributed by atoms with Crippen molar-refractivity contribution in [2.24, 2.45) is 11.8 Å². The van der Waals surface area contributed by atoms with Gasteiger partial charge in [0.15, 0.2) is 0 Å². The zero-order valence-electron chi connectivity index (χ0n) is 26.4. The highest BCUT2D eigenvalue weighted by Gasteiger charge is 2.33. The van der Waals surface area contributed by atoms with Crippen molar-refractivity contribution in [3.8, 4) is 0 Å². The molecule has 0 fully saturated rings. The van der Waals surface area contributed by atoms with Gasteiger partial charge in [0.1, 0.15) is 17.5 Å². The number of nitrogens with zero attached hydrogens (tertiary/aromatic N) is 1. The summed E-state index contributed by atoms with van der Waals surface area (Å²) in [5, 5.41) is 20.2. The SMILES string of the molecule is CC[C@H](C)[C@H](NC(=O)[C@H](Cc1ccccc1)C[C@H](O)[C@H](Cc1ccccc1)NC(=O)OC(C)(C)C)C(=O)NCc1ncc[nH]1. The van der Waals surface area contributed by atoms with Crippen molar-refractivity contribution in [1.29, 1.82) is 0 Å². The van der Waals surface area contributed by atoms with Crippen LogP contribution in [0.3, 0.4) is 0 Å². The quantitative estimate of drug-likeness (QED) is 0.175. The third-order valence-electron chi connectivity index (χ3n) is 7.46. The first kappa shape index (κ1) is 34.3. The number of hydrogen-bond acceptors (Lipinski definition) is 6. The Hall–Kier alpha value is -4.18. The highest BCUT2D eigenvalue weighted by molar-refractivity contribution is 5.88. The molecule has 0 saturated heterocycles. The van der Waals surface area contributed by atoms with Crippen LogP contribution in [0.2, 0.25) is 0 Å². The summed E-state index contributed by atoms with van der Waals surface area (Å²) in [5.41, 5.74) is 1.12. The van der Waals surface area contributed by atoms with Gasteiger partial charge in [0.2, 0.25) is 11.8 Å². The summed E-state index contributed by atoms with van der Waals surface area (Å²) in [6.07, 6.45) is 2.96. The predicted molar refractivity (Wildman–Crippen MR) is 169 cm³/mol. The Morgan fingerprint density at radius 3 is 2.09 bits per heavy atom.